The van der Waals surface area contributed by atoms with Gasteiger partial charge in [0.1, 0.15) is 0 Å². The largest absolute Gasteiger partial charge is 0.481 e. The summed E-state index contributed by atoms with van der Waals surface area (Å²) in [6, 6.07) is 13.2. The van der Waals surface area contributed by atoms with Gasteiger partial charge >= 0.3 is 5.97 Å². The number of hydrogen-bond donors (Lipinski definition) is 1. The molecule has 0 unspecified atom stereocenters. The van der Waals surface area contributed by atoms with Crippen molar-refractivity contribution in [2.45, 2.75) is 53.6 Å². The Morgan fingerprint density at radius 1 is 1.15 bits per heavy atom. The third-order valence-corrected chi connectivity index (χ3v) is 6.79. The first-order chi connectivity index (χ1) is 18.7. The fourth-order valence-electron chi connectivity index (χ4n) is 4.12. The molecule has 7 nitrogen and oxygen atoms in total. The van der Waals surface area contributed by atoms with Crippen LogP contribution >= 0.6 is 0 Å². The van der Waals surface area contributed by atoms with Gasteiger partial charge < -0.3 is 14.4 Å². The fourth-order valence-corrected chi connectivity index (χ4v) is 4.12. The summed E-state index contributed by atoms with van der Waals surface area (Å²) in [7, 11) is 1.67. The molecule has 1 aromatic heterocycles. The molecule has 4 rings (SSSR count). The molecule has 1 aliphatic rings. The SMILES string of the molecule is C=C(C)/C(=C\C=C/C)c1ccc(-c2nc(-c3cccc(C(C)=O)c3)no2)cc1COC.CCC1(C(=O)O)CC1. The molecule has 0 aliphatic heterocycles. The van der Waals surface area contributed by atoms with Gasteiger partial charge in [0.15, 0.2) is 5.78 Å². The van der Waals surface area contributed by atoms with Crippen molar-refractivity contribution in [1.29, 1.82) is 0 Å². The summed E-state index contributed by atoms with van der Waals surface area (Å²) in [6.45, 7) is 12.0. The molecule has 1 N–H and O–H groups in total. The molecule has 1 heterocycles. The molecule has 0 spiro atoms. The average molecular weight is 529 g/mol. The molecule has 39 heavy (non-hydrogen) atoms. The van der Waals surface area contributed by atoms with E-state index in [1.54, 1.807) is 19.2 Å². The zero-order valence-corrected chi connectivity index (χ0v) is 23.3. The van der Waals surface area contributed by atoms with Crippen LogP contribution in [-0.2, 0) is 16.1 Å². The summed E-state index contributed by atoms with van der Waals surface area (Å²) in [5, 5.41) is 12.6. The van der Waals surface area contributed by atoms with Gasteiger partial charge in [0, 0.05) is 23.8 Å². The number of carbonyl (C=O) groups is 2. The molecule has 0 atom stereocenters. The summed E-state index contributed by atoms with van der Waals surface area (Å²) in [6.07, 6.45) is 8.59. The number of ketones is 1. The number of hydrogen-bond acceptors (Lipinski definition) is 6. The van der Waals surface area contributed by atoms with Crippen LogP contribution < -0.4 is 0 Å². The third-order valence-electron chi connectivity index (χ3n) is 6.79. The smallest absolute Gasteiger partial charge is 0.309 e. The maximum Gasteiger partial charge on any atom is 0.309 e. The first-order valence-electron chi connectivity index (χ1n) is 13.0. The zero-order chi connectivity index (χ0) is 28.6. The van der Waals surface area contributed by atoms with Gasteiger partial charge in [0.25, 0.3) is 5.89 Å². The lowest BCUT2D eigenvalue weighted by atomic mass is 9.93. The highest BCUT2D eigenvalue weighted by Gasteiger charge is 2.48. The maximum absolute atomic E-state index is 11.7. The quantitative estimate of drug-likeness (QED) is 0.214. The number of carbonyl (C=O) groups excluding carboxylic acids is 1. The number of aliphatic carboxylic acids is 1. The molecule has 1 fully saturated rings. The van der Waals surface area contributed by atoms with Crippen molar-refractivity contribution in [3.05, 3.63) is 89.5 Å². The lowest BCUT2D eigenvalue weighted by Gasteiger charge is -2.13. The van der Waals surface area contributed by atoms with E-state index in [0.717, 1.165) is 52.7 Å². The minimum atomic E-state index is -0.611. The molecular weight excluding hydrogens is 492 g/mol. The number of allylic oxidation sites excluding steroid dienone is 5. The lowest BCUT2D eigenvalue weighted by molar-refractivity contribution is -0.143. The summed E-state index contributed by atoms with van der Waals surface area (Å²) < 4.78 is 11.0. The molecule has 204 valence electrons. The van der Waals surface area contributed by atoms with E-state index in [4.69, 9.17) is 14.4 Å². The number of Topliss-reactive ketones (excluding diaryl/α,β-unsaturated/α-hetero) is 1. The molecule has 0 amide bonds. The second-order valence-corrected chi connectivity index (χ2v) is 9.69. The molecule has 7 heteroatoms. The van der Waals surface area contributed by atoms with Crippen LogP contribution in [0.25, 0.3) is 28.4 Å². The van der Waals surface area contributed by atoms with Crippen molar-refractivity contribution >= 4 is 17.3 Å². The van der Waals surface area contributed by atoms with Crippen molar-refractivity contribution in [2.75, 3.05) is 7.11 Å². The Balaban J connectivity index is 0.000000449. The number of carboxylic acids is 1. The van der Waals surface area contributed by atoms with Crippen LogP contribution in [0.15, 0.2) is 77.4 Å². The van der Waals surface area contributed by atoms with Gasteiger partial charge in [-0.05, 0) is 74.9 Å². The topological polar surface area (TPSA) is 103 Å². The van der Waals surface area contributed by atoms with Crippen molar-refractivity contribution in [3.63, 3.8) is 0 Å². The van der Waals surface area contributed by atoms with Crippen molar-refractivity contribution in [3.8, 4) is 22.8 Å². The number of benzene rings is 2. The van der Waals surface area contributed by atoms with Crippen LogP contribution in [0.5, 0.6) is 0 Å². The van der Waals surface area contributed by atoms with Gasteiger partial charge in [-0.1, -0.05) is 66.7 Å². The van der Waals surface area contributed by atoms with E-state index >= 15 is 0 Å². The number of ether oxygens (including phenoxy) is 1. The Bertz CT molecular complexity index is 1410. The molecule has 0 saturated heterocycles. The Morgan fingerprint density at radius 3 is 2.44 bits per heavy atom. The molecule has 0 radical (unpaired) electrons. The molecule has 3 aromatic rings. The van der Waals surface area contributed by atoms with E-state index in [9.17, 15) is 9.59 Å². The average Bonchev–Trinajstić information content (AvgIpc) is 3.58. The molecular formula is C32H36N2O5. The minimum Gasteiger partial charge on any atom is -0.481 e. The lowest BCUT2D eigenvalue weighted by Crippen LogP contribution is -2.12. The van der Waals surface area contributed by atoms with Crippen LogP contribution in [0.1, 0.15) is 68.4 Å². The van der Waals surface area contributed by atoms with E-state index in [-0.39, 0.29) is 11.2 Å². The number of methoxy groups -OCH3 is 1. The van der Waals surface area contributed by atoms with E-state index in [1.165, 1.54) is 6.92 Å². The zero-order valence-electron chi connectivity index (χ0n) is 23.3. The summed E-state index contributed by atoms with van der Waals surface area (Å²) >= 11 is 0. The maximum atomic E-state index is 11.7. The van der Waals surface area contributed by atoms with Crippen LogP contribution in [0.3, 0.4) is 0 Å². The van der Waals surface area contributed by atoms with E-state index in [0.29, 0.717) is 23.9 Å². The number of aromatic nitrogens is 2. The Morgan fingerprint density at radius 2 is 1.90 bits per heavy atom. The van der Waals surface area contributed by atoms with Crippen molar-refractivity contribution < 1.29 is 24.0 Å². The van der Waals surface area contributed by atoms with Gasteiger partial charge in [0.05, 0.1) is 12.0 Å². The second-order valence-electron chi connectivity index (χ2n) is 9.69. The van der Waals surface area contributed by atoms with Gasteiger partial charge in [-0.3, -0.25) is 9.59 Å². The van der Waals surface area contributed by atoms with Crippen LogP contribution in [0.4, 0.5) is 0 Å². The number of rotatable bonds is 10. The summed E-state index contributed by atoms with van der Waals surface area (Å²) in [5.74, 6) is 0.220. The van der Waals surface area contributed by atoms with Crippen LogP contribution in [0.2, 0.25) is 0 Å². The molecule has 1 aliphatic carbocycles. The summed E-state index contributed by atoms with van der Waals surface area (Å²) in [5.41, 5.74) is 5.90. The highest BCUT2D eigenvalue weighted by atomic mass is 16.5. The normalized spacial score (nSPS) is 14.0. The molecule has 1 saturated carbocycles. The van der Waals surface area contributed by atoms with Gasteiger partial charge in [-0.15, -0.1) is 0 Å². The first-order valence-corrected chi connectivity index (χ1v) is 13.0. The first kappa shape index (κ1) is 29.5. The monoisotopic (exact) mass is 528 g/mol. The predicted octanol–water partition coefficient (Wildman–Crippen LogP) is 7.55. The van der Waals surface area contributed by atoms with E-state index in [1.807, 2.05) is 69.3 Å². The van der Waals surface area contributed by atoms with Crippen LogP contribution in [0, 0.1) is 5.41 Å². The van der Waals surface area contributed by atoms with Gasteiger partial charge in [0.2, 0.25) is 5.82 Å². The minimum absolute atomic E-state index is 0.00958. The standard InChI is InChI=1S/C26H26N2O3.C6H10O2/c1-6-7-11-23(17(2)3)24-13-12-21(15-22(24)16-30-5)26-27-25(28-31-26)20-10-8-9-19(14-20)18(4)29;1-2-6(3-4-6)5(7)8/h6-15H,2,16H2,1,3-5H3;2-4H2,1H3,(H,7,8)/b7-6-,23-11+;. The molecule has 2 aromatic carbocycles. The van der Waals surface area contributed by atoms with E-state index in [2.05, 4.69) is 16.7 Å². The highest BCUT2D eigenvalue weighted by molar-refractivity contribution is 5.95. The third kappa shape index (κ3) is 7.27. The Kier molecular flexibility index (Phi) is 9.90. The number of nitrogens with zero attached hydrogens (tertiary/aromatic N) is 2. The Labute approximate surface area is 229 Å². The van der Waals surface area contributed by atoms with Gasteiger partial charge in [-0.2, -0.15) is 4.98 Å². The summed E-state index contributed by atoms with van der Waals surface area (Å²) in [4.78, 5) is 26.5. The van der Waals surface area contributed by atoms with E-state index < -0.39 is 5.97 Å². The predicted molar refractivity (Wildman–Crippen MR) is 153 cm³/mol. The molecule has 0 bridgehead atoms. The van der Waals surface area contributed by atoms with Gasteiger partial charge in [-0.25, -0.2) is 0 Å². The number of carboxylic acid groups (broad SMARTS) is 1. The Hall–Kier alpha value is -4.10. The highest BCUT2D eigenvalue weighted by Crippen LogP contribution is 2.48. The fraction of sp³-hybridized carbons (Fsp3) is 0.312. The second kappa shape index (κ2) is 13.1. The van der Waals surface area contributed by atoms with Crippen LogP contribution in [-0.4, -0.2) is 34.1 Å². The van der Waals surface area contributed by atoms with Crippen molar-refractivity contribution in [2.24, 2.45) is 5.41 Å². The van der Waals surface area contributed by atoms with Crippen molar-refractivity contribution in [1.82, 2.24) is 10.1 Å².